The van der Waals surface area contributed by atoms with Gasteiger partial charge in [0.1, 0.15) is 0 Å². The van der Waals surface area contributed by atoms with Crippen molar-refractivity contribution in [2.75, 3.05) is 45.8 Å². The van der Waals surface area contributed by atoms with Crippen LogP contribution in [0.25, 0.3) is 0 Å². The molecule has 3 heteroatoms. The van der Waals surface area contributed by atoms with Crippen LogP contribution in [0, 0.1) is 0 Å². The molecule has 2 aliphatic heterocycles. The SMILES string of the molecule is CCCCCCNCCN1CCC(N2CCCC2)C1. The molecule has 0 amide bonds. The predicted molar refractivity (Wildman–Crippen MR) is 82.7 cm³/mol. The summed E-state index contributed by atoms with van der Waals surface area (Å²) in [6.07, 6.45) is 9.73. The Bertz CT molecular complexity index is 226. The van der Waals surface area contributed by atoms with Crippen molar-refractivity contribution in [2.24, 2.45) is 0 Å². The van der Waals surface area contributed by atoms with Gasteiger partial charge in [0, 0.05) is 25.7 Å². The first-order valence-corrected chi connectivity index (χ1v) is 8.57. The number of nitrogens with one attached hydrogen (secondary N) is 1. The summed E-state index contributed by atoms with van der Waals surface area (Å²) in [5.74, 6) is 0. The Kier molecular flexibility index (Phi) is 7.18. The monoisotopic (exact) mass is 267 g/mol. The summed E-state index contributed by atoms with van der Waals surface area (Å²) < 4.78 is 0. The Labute approximate surface area is 119 Å². The van der Waals surface area contributed by atoms with Gasteiger partial charge in [0.05, 0.1) is 0 Å². The first kappa shape index (κ1) is 15.3. The minimum absolute atomic E-state index is 0.868. The van der Waals surface area contributed by atoms with Gasteiger partial charge in [-0.3, -0.25) is 4.90 Å². The Hall–Kier alpha value is -0.120. The van der Waals surface area contributed by atoms with Crippen molar-refractivity contribution in [1.82, 2.24) is 15.1 Å². The molecule has 1 unspecified atom stereocenters. The zero-order chi connectivity index (χ0) is 13.3. The van der Waals surface area contributed by atoms with Crippen LogP contribution in [0.5, 0.6) is 0 Å². The number of nitrogens with zero attached hydrogens (tertiary/aromatic N) is 2. The van der Waals surface area contributed by atoms with Crippen molar-refractivity contribution in [3.8, 4) is 0 Å². The van der Waals surface area contributed by atoms with Gasteiger partial charge >= 0.3 is 0 Å². The molecular formula is C16H33N3. The van der Waals surface area contributed by atoms with Gasteiger partial charge in [-0.1, -0.05) is 26.2 Å². The number of likely N-dealkylation sites (tertiary alicyclic amines) is 2. The molecular weight excluding hydrogens is 234 g/mol. The first-order valence-electron chi connectivity index (χ1n) is 8.57. The van der Waals surface area contributed by atoms with E-state index in [4.69, 9.17) is 0 Å². The third kappa shape index (κ3) is 5.41. The molecule has 2 fully saturated rings. The van der Waals surface area contributed by atoms with Gasteiger partial charge in [0.2, 0.25) is 0 Å². The molecule has 2 rings (SSSR count). The minimum Gasteiger partial charge on any atom is -0.315 e. The van der Waals surface area contributed by atoms with Gasteiger partial charge in [0.25, 0.3) is 0 Å². The van der Waals surface area contributed by atoms with E-state index < -0.39 is 0 Å². The third-order valence-corrected chi connectivity index (χ3v) is 4.72. The van der Waals surface area contributed by atoms with Crippen LogP contribution < -0.4 is 5.32 Å². The van der Waals surface area contributed by atoms with Crippen molar-refractivity contribution in [3.05, 3.63) is 0 Å². The second kappa shape index (κ2) is 8.93. The van der Waals surface area contributed by atoms with Crippen LogP contribution >= 0.6 is 0 Å². The van der Waals surface area contributed by atoms with E-state index in [0.717, 1.165) is 6.04 Å². The molecule has 0 spiro atoms. The number of unbranched alkanes of at least 4 members (excludes halogenated alkanes) is 3. The molecule has 19 heavy (non-hydrogen) atoms. The Morgan fingerprint density at radius 1 is 1.00 bits per heavy atom. The lowest BCUT2D eigenvalue weighted by Crippen LogP contribution is -2.37. The molecule has 112 valence electrons. The summed E-state index contributed by atoms with van der Waals surface area (Å²) in [5.41, 5.74) is 0. The molecule has 3 nitrogen and oxygen atoms in total. The number of hydrogen-bond acceptors (Lipinski definition) is 3. The van der Waals surface area contributed by atoms with Crippen LogP contribution in [0.1, 0.15) is 51.9 Å². The molecule has 1 atom stereocenters. The fraction of sp³-hybridized carbons (Fsp3) is 1.00. The van der Waals surface area contributed by atoms with Crippen molar-refractivity contribution in [3.63, 3.8) is 0 Å². The highest BCUT2D eigenvalue weighted by Crippen LogP contribution is 2.19. The van der Waals surface area contributed by atoms with E-state index in [2.05, 4.69) is 22.0 Å². The first-order chi connectivity index (χ1) is 9.40. The van der Waals surface area contributed by atoms with Gasteiger partial charge in [0.15, 0.2) is 0 Å². The molecule has 2 aliphatic rings. The van der Waals surface area contributed by atoms with E-state index in [9.17, 15) is 0 Å². The van der Waals surface area contributed by atoms with Crippen LogP contribution in [-0.2, 0) is 0 Å². The summed E-state index contributed by atoms with van der Waals surface area (Å²) in [6.45, 7) is 11.3. The molecule has 0 saturated carbocycles. The highest BCUT2D eigenvalue weighted by Gasteiger charge is 2.28. The molecule has 0 bridgehead atoms. The maximum absolute atomic E-state index is 3.60. The summed E-state index contributed by atoms with van der Waals surface area (Å²) in [7, 11) is 0. The average Bonchev–Trinajstić information content (AvgIpc) is 3.08. The molecule has 1 N–H and O–H groups in total. The van der Waals surface area contributed by atoms with E-state index in [1.54, 1.807) is 0 Å². The normalized spacial score (nSPS) is 25.4. The second-order valence-electron chi connectivity index (χ2n) is 6.30. The topological polar surface area (TPSA) is 18.5 Å². The smallest absolute Gasteiger partial charge is 0.0235 e. The standard InChI is InChI=1S/C16H33N3/c1-2-3-4-5-9-17-10-14-18-13-8-16(15-18)19-11-6-7-12-19/h16-17H,2-15H2,1H3. The summed E-state index contributed by atoms with van der Waals surface area (Å²) in [6, 6.07) is 0.868. The van der Waals surface area contributed by atoms with Gasteiger partial charge < -0.3 is 10.2 Å². The molecule has 0 radical (unpaired) electrons. The van der Waals surface area contributed by atoms with E-state index in [-0.39, 0.29) is 0 Å². The lowest BCUT2D eigenvalue weighted by Gasteiger charge is -2.23. The summed E-state index contributed by atoms with van der Waals surface area (Å²) in [5, 5.41) is 3.60. The Morgan fingerprint density at radius 3 is 2.63 bits per heavy atom. The van der Waals surface area contributed by atoms with Crippen LogP contribution in [0.3, 0.4) is 0 Å². The Morgan fingerprint density at radius 2 is 1.84 bits per heavy atom. The van der Waals surface area contributed by atoms with E-state index in [1.165, 1.54) is 90.8 Å². The van der Waals surface area contributed by atoms with E-state index in [1.807, 2.05) is 0 Å². The largest absolute Gasteiger partial charge is 0.315 e. The zero-order valence-corrected chi connectivity index (χ0v) is 12.9. The lowest BCUT2D eigenvalue weighted by atomic mass is 10.2. The average molecular weight is 267 g/mol. The molecule has 2 saturated heterocycles. The summed E-state index contributed by atoms with van der Waals surface area (Å²) in [4.78, 5) is 5.38. The van der Waals surface area contributed by atoms with Crippen molar-refractivity contribution >= 4 is 0 Å². The van der Waals surface area contributed by atoms with Crippen LogP contribution in [0.4, 0.5) is 0 Å². The third-order valence-electron chi connectivity index (χ3n) is 4.72. The highest BCUT2D eigenvalue weighted by molar-refractivity contribution is 4.85. The van der Waals surface area contributed by atoms with Gasteiger partial charge in [-0.05, 0) is 51.9 Å². The lowest BCUT2D eigenvalue weighted by molar-refractivity contribution is 0.232. The Balaban J connectivity index is 1.46. The maximum Gasteiger partial charge on any atom is 0.0235 e. The second-order valence-corrected chi connectivity index (χ2v) is 6.30. The van der Waals surface area contributed by atoms with Gasteiger partial charge in [-0.15, -0.1) is 0 Å². The molecule has 0 aromatic carbocycles. The molecule has 2 heterocycles. The zero-order valence-electron chi connectivity index (χ0n) is 12.9. The minimum atomic E-state index is 0.868. The molecule has 0 aromatic heterocycles. The fourth-order valence-corrected chi connectivity index (χ4v) is 3.46. The molecule has 0 aliphatic carbocycles. The van der Waals surface area contributed by atoms with E-state index in [0.29, 0.717) is 0 Å². The quantitative estimate of drug-likeness (QED) is 0.647. The maximum atomic E-state index is 3.60. The number of rotatable bonds is 9. The fourth-order valence-electron chi connectivity index (χ4n) is 3.46. The van der Waals surface area contributed by atoms with Crippen molar-refractivity contribution < 1.29 is 0 Å². The van der Waals surface area contributed by atoms with Gasteiger partial charge in [-0.25, -0.2) is 0 Å². The van der Waals surface area contributed by atoms with Gasteiger partial charge in [-0.2, -0.15) is 0 Å². The predicted octanol–water partition coefficient (Wildman–Crippen LogP) is 2.33. The van der Waals surface area contributed by atoms with E-state index >= 15 is 0 Å². The molecule has 0 aromatic rings. The van der Waals surface area contributed by atoms with Crippen LogP contribution in [-0.4, -0.2) is 61.7 Å². The summed E-state index contributed by atoms with van der Waals surface area (Å²) >= 11 is 0. The number of hydrogen-bond donors (Lipinski definition) is 1. The van der Waals surface area contributed by atoms with Crippen LogP contribution in [0.15, 0.2) is 0 Å². The van der Waals surface area contributed by atoms with Crippen LogP contribution in [0.2, 0.25) is 0 Å². The van der Waals surface area contributed by atoms with Crippen molar-refractivity contribution in [1.29, 1.82) is 0 Å². The van der Waals surface area contributed by atoms with Crippen molar-refractivity contribution in [2.45, 2.75) is 57.9 Å². The highest BCUT2D eigenvalue weighted by atomic mass is 15.3.